The topological polar surface area (TPSA) is 65.8 Å². The smallest absolute Gasteiger partial charge is 0.142 e. The van der Waals surface area contributed by atoms with Crippen LogP contribution in [-0.4, -0.2) is 59.2 Å². The Balaban J connectivity index is 1.33. The predicted octanol–water partition coefficient (Wildman–Crippen LogP) is 5.65. The van der Waals surface area contributed by atoms with E-state index in [1.807, 2.05) is 25.1 Å². The Hall–Kier alpha value is -2.33. The zero-order valence-corrected chi connectivity index (χ0v) is 22.0. The summed E-state index contributed by atoms with van der Waals surface area (Å²) < 4.78 is 46.2. The van der Waals surface area contributed by atoms with Crippen molar-refractivity contribution in [3.63, 3.8) is 0 Å². The number of fused-ring (bicyclic) bond motifs is 1. The van der Waals surface area contributed by atoms with Crippen molar-refractivity contribution in [1.82, 2.24) is 9.88 Å². The lowest BCUT2D eigenvalue weighted by Gasteiger charge is -2.41. The van der Waals surface area contributed by atoms with Crippen molar-refractivity contribution in [3.8, 4) is 5.75 Å². The van der Waals surface area contributed by atoms with E-state index in [0.29, 0.717) is 43.0 Å². The average Bonchev–Trinajstić information content (AvgIpc) is 2.89. The minimum Gasteiger partial charge on any atom is -0.497 e. The quantitative estimate of drug-likeness (QED) is 0.328. The summed E-state index contributed by atoms with van der Waals surface area (Å²) >= 11 is 1.04. The zero-order chi connectivity index (χ0) is 26.6. The summed E-state index contributed by atoms with van der Waals surface area (Å²) in [6.07, 6.45) is 3.79. The summed E-state index contributed by atoms with van der Waals surface area (Å²) in [5.74, 6) is -1.50. The monoisotopic (exact) mass is 534 g/mol. The van der Waals surface area contributed by atoms with E-state index in [4.69, 9.17) is 4.74 Å². The first-order valence-electron chi connectivity index (χ1n) is 12.5. The van der Waals surface area contributed by atoms with E-state index >= 15 is 0 Å². The highest BCUT2D eigenvalue weighted by Gasteiger charge is 2.34. The van der Waals surface area contributed by atoms with E-state index in [1.54, 1.807) is 13.3 Å². The maximum absolute atomic E-state index is 13.9. The van der Waals surface area contributed by atoms with Crippen LogP contribution in [-0.2, 0) is 0 Å². The minimum atomic E-state index is -0.923. The molecule has 0 saturated carbocycles. The number of aliphatic hydroxyl groups excluding tert-OH is 2. The number of hydrogen-bond donors (Lipinski definition) is 2. The van der Waals surface area contributed by atoms with Gasteiger partial charge in [0.25, 0.3) is 0 Å². The SMILES string of the molecule is COc1ccc2ncc(C)c([C@@H](O)CCC3(CO)CCN(CCSc4c(F)cc(F)cc4F)CC3)c2c1. The first-order valence-corrected chi connectivity index (χ1v) is 13.5. The van der Waals surface area contributed by atoms with E-state index in [9.17, 15) is 23.4 Å². The standard InChI is InChI=1S/C28H33F3N2O3S/c1-18-16-32-24-4-3-20(36-2)15-21(24)26(18)25(35)5-6-28(17-34)7-9-33(10-8-28)11-12-37-27-22(30)13-19(29)14-23(27)31/h3-4,13-16,25,34-35H,5-12,17H2,1-2H3/t25-/m0/s1. The molecule has 0 aliphatic carbocycles. The van der Waals surface area contributed by atoms with Gasteiger partial charge in [-0.2, -0.15) is 0 Å². The summed E-state index contributed by atoms with van der Waals surface area (Å²) in [6.45, 7) is 4.11. The van der Waals surface area contributed by atoms with Crippen molar-refractivity contribution in [2.45, 2.75) is 43.6 Å². The lowest BCUT2D eigenvalue weighted by Crippen LogP contribution is -2.43. The molecule has 3 aromatic rings. The van der Waals surface area contributed by atoms with Crippen molar-refractivity contribution in [3.05, 3.63) is 65.1 Å². The molecule has 1 fully saturated rings. The summed E-state index contributed by atoms with van der Waals surface area (Å²) in [5.41, 5.74) is 2.26. The number of benzene rings is 2. The summed E-state index contributed by atoms with van der Waals surface area (Å²) in [7, 11) is 1.61. The molecule has 0 amide bonds. The first kappa shape index (κ1) is 27.7. The van der Waals surface area contributed by atoms with Crippen LogP contribution in [0.2, 0.25) is 0 Å². The summed E-state index contributed by atoms with van der Waals surface area (Å²) in [6, 6.07) is 7.02. The molecular weight excluding hydrogens is 501 g/mol. The van der Waals surface area contributed by atoms with E-state index in [-0.39, 0.29) is 16.9 Å². The lowest BCUT2D eigenvalue weighted by molar-refractivity contribution is 0.0254. The van der Waals surface area contributed by atoms with Crippen LogP contribution in [0.1, 0.15) is 42.9 Å². The van der Waals surface area contributed by atoms with Gasteiger partial charge in [-0.3, -0.25) is 4.98 Å². The van der Waals surface area contributed by atoms with E-state index < -0.39 is 23.6 Å². The van der Waals surface area contributed by atoms with Crippen LogP contribution >= 0.6 is 11.8 Å². The second-order valence-corrected chi connectivity index (χ2v) is 10.9. The fraction of sp³-hybridized carbons (Fsp3) is 0.464. The van der Waals surface area contributed by atoms with Crippen molar-refractivity contribution < 1.29 is 28.1 Å². The average molecular weight is 535 g/mol. The Morgan fingerprint density at radius 3 is 2.49 bits per heavy atom. The van der Waals surface area contributed by atoms with Crippen molar-refractivity contribution >= 4 is 22.7 Å². The molecule has 0 radical (unpaired) electrons. The number of ether oxygens (including phenoxy) is 1. The van der Waals surface area contributed by atoms with Crippen LogP contribution in [0.3, 0.4) is 0 Å². The zero-order valence-electron chi connectivity index (χ0n) is 21.1. The molecule has 1 aliphatic rings. The second kappa shape index (κ2) is 12.0. The Labute approximate surface area is 219 Å². The molecule has 2 heterocycles. The van der Waals surface area contributed by atoms with Crippen LogP contribution in [0, 0.1) is 29.8 Å². The van der Waals surface area contributed by atoms with Crippen LogP contribution in [0.4, 0.5) is 13.2 Å². The highest BCUT2D eigenvalue weighted by atomic mass is 32.2. The number of aromatic nitrogens is 1. The van der Waals surface area contributed by atoms with Gasteiger partial charge in [-0.1, -0.05) is 0 Å². The van der Waals surface area contributed by atoms with Gasteiger partial charge in [0.05, 0.1) is 23.6 Å². The molecule has 2 N–H and O–H groups in total. The Morgan fingerprint density at radius 1 is 1.14 bits per heavy atom. The fourth-order valence-electron chi connectivity index (χ4n) is 5.13. The highest BCUT2D eigenvalue weighted by Crippen LogP contribution is 2.40. The van der Waals surface area contributed by atoms with E-state index in [2.05, 4.69) is 9.88 Å². The van der Waals surface area contributed by atoms with E-state index in [1.165, 1.54) is 0 Å². The van der Waals surface area contributed by atoms with Crippen molar-refractivity contribution in [2.75, 3.05) is 39.1 Å². The number of aliphatic hydroxyl groups is 2. The van der Waals surface area contributed by atoms with Gasteiger partial charge >= 0.3 is 0 Å². The molecule has 1 aromatic heterocycles. The second-order valence-electron chi connectivity index (χ2n) is 9.84. The van der Waals surface area contributed by atoms with E-state index in [0.717, 1.165) is 59.7 Å². The lowest BCUT2D eigenvalue weighted by atomic mass is 9.74. The molecule has 1 atom stereocenters. The van der Waals surface area contributed by atoms with Gasteiger partial charge in [-0.15, -0.1) is 11.8 Å². The van der Waals surface area contributed by atoms with Gasteiger partial charge in [-0.05, 0) is 80.4 Å². The molecule has 0 unspecified atom stereocenters. The number of thioether (sulfide) groups is 1. The maximum Gasteiger partial charge on any atom is 0.142 e. The maximum atomic E-state index is 13.9. The largest absolute Gasteiger partial charge is 0.497 e. The molecule has 5 nitrogen and oxygen atoms in total. The molecule has 2 aromatic carbocycles. The number of aryl methyl sites for hydroxylation is 1. The Kier molecular flexibility index (Phi) is 9.00. The third kappa shape index (κ3) is 6.39. The van der Waals surface area contributed by atoms with Crippen molar-refractivity contribution in [1.29, 1.82) is 0 Å². The number of nitrogens with zero attached hydrogens (tertiary/aromatic N) is 2. The molecule has 0 spiro atoms. The number of likely N-dealkylation sites (tertiary alicyclic amines) is 1. The summed E-state index contributed by atoms with van der Waals surface area (Å²) in [5, 5.41) is 22.3. The van der Waals surface area contributed by atoms with Crippen LogP contribution in [0.25, 0.3) is 10.9 Å². The molecular formula is C28H33F3N2O3S. The summed E-state index contributed by atoms with van der Waals surface area (Å²) in [4.78, 5) is 6.53. The molecule has 200 valence electrons. The third-order valence-electron chi connectivity index (χ3n) is 7.47. The van der Waals surface area contributed by atoms with Crippen molar-refractivity contribution in [2.24, 2.45) is 5.41 Å². The van der Waals surface area contributed by atoms with Gasteiger partial charge in [0.15, 0.2) is 0 Å². The molecule has 9 heteroatoms. The van der Waals surface area contributed by atoms with Crippen LogP contribution in [0.5, 0.6) is 5.75 Å². The number of hydrogen-bond acceptors (Lipinski definition) is 6. The van der Waals surface area contributed by atoms with Crippen LogP contribution < -0.4 is 4.74 Å². The third-order valence-corrected chi connectivity index (χ3v) is 8.53. The Morgan fingerprint density at radius 2 is 1.84 bits per heavy atom. The molecule has 1 aliphatic heterocycles. The van der Waals surface area contributed by atoms with Gasteiger partial charge in [0, 0.05) is 42.6 Å². The highest BCUT2D eigenvalue weighted by molar-refractivity contribution is 7.99. The minimum absolute atomic E-state index is 0.0399. The van der Waals surface area contributed by atoms with Gasteiger partial charge in [0.1, 0.15) is 23.2 Å². The van der Waals surface area contributed by atoms with Crippen LogP contribution in [0.15, 0.2) is 41.4 Å². The van der Waals surface area contributed by atoms with Gasteiger partial charge in [-0.25, -0.2) is 13.2 Å². The van der Waals surface area contributed by atoms with Gasteiger partial charge < -0.3 is 19.8 Å². The molecule has 4 rings (SSSR count). The molecule has 1 saturated heterocycles. The van der Waals surface area contributed by atoms with Gasteiger partial charge in [0.2, 0.25) is 0 Å². The predicted molar refractivity (Wildman–Crippen MR) is 139 cm³/mol. The number of halogens is 3. The number of rotatable bonds is 10. The molecule has 0 bridgehead atoms. The number of pyridine rings is 1. The fourth-order valence-corrected chi connectivity index (χ4v) is 6.08. The normalized spacial score (nSPS) is 16.7. The number of piperidine rings is 1. The first-order chi connectivity index (χ1) is 17.7. The number of methoxy groups -OCH3 is 1. The molecule has 37 heavy (non-hydrogen) atoms. The Bertz CT molecular complexity index is 1210.